The smallest absolute Gasteiger partial charge is 0.309 e. The van der Waals surface area contributed by atoms with Gasteiger partial charge in [0.05, 0.1) is 5.92 Å². The lowest BCUT2D eigenvalue weighted by atomic mass is 9.96. The van der Waals surface area contributed by atoms with Gasteiger partial charge in [-0.3, -0.25) is 14.4 Å². The molecule has 1 aliphatic heterocycles. The van der Waals surface area contributed by atoms with Crippen molar-refractivity contribution in [3.05, 3.63) is 47.3 Å². The number of benzene rings is 1. The molecule has 0 atom stereocenters. The third-order valence-corrected chi connectivity index (χ3v) is 5.71. The Bertz CT molecular complexity index is 783. The lowest BCUT2D eigenvalue weighted by Crippen LogP contribution is -2.41. The van der Waals surface area contributed by atoms with Crippen LogP contribution in [0.1, 0.15) is 55.3 Å². The first kappa shape index (κ1) is 22.0. The van der Waals surface area contributed by atoms with Gasteiger partial charge >= 0.3 is 5.97 Å². The molecule has 1 saturated heterocycles. The standard InChI is InChI=1S/C23H29FN2O4/c24-20-8-6-18(7-9-20)22(28)26-14-11-19(12-15-26)23(29)30-16-21(27)25-13-10-17-4-2-1-3-5-17/h4,6-9,19H,1-3,5,10-16H2,(H,25,27). The lowest BCUT2D eigenvalue weighted by molar-refractivity contribution is -0.153. The molecule has 3 rings (SSSR count). The predicted octanol–water partition coefficient (Wildman–Crippen LogP) is 3.23. The number of halogens is 1. The second kappa shape index (κ2) is 10.9. The molecule has 6 nitrogen and oxygen atoms in total. The highest BCUT2D eigenvalue weighted by Crippen LogP contribution is 2.21. The predicted molar refractivity (Wildman–Crippen MR) is 110 cm³/mol. The van der Waals surface area contributed by atoms with Gasteiger partial charge in [0, 0.05) is 25.2 Å². The van der Waals surface area contributed by atoms with E-state index in [2.05, 4.69) is 11.4 Å². The molecule has 0 radical (unpaired) electrons. The van der Waals surface area contributed by atoms with Crippen LogP contribution in [0.2, 0.25) is 0 Å². The van der Waals surface area contributed by atoms with Gasteiger partial charge in [-0.1, -0.05) is 11.6 Å². The summed E-state index contributed by atoms with van der Waals surface area (Å²) in [7, 11) is 0. The van der Waals surface area contributed by atoms with Crippen molar-refractivity contribution in [3.8, 4) is 0 Å². The Morgan fingerprint density at radius 3 is 2.50 bits per heavy atom. The van der Waals surface area contributed by atoms with E-state index >= 15 is 0 Å². The van der Waals surface area contributed by atoms with E-state index in [1.165, 1.54) is 42.7 Å². The van der Waals surface area contributed by atoms with Crippen molar-refractivity contribution in [3.63, 3.8) is 0 Å². The van der Waals surface area contributed by atoms with Crippen molar-refractivity contribution in [1.82, 2.24) is 10.2 Å². The van der Waals surface area contributed by atoms with Crippen molar-refractivity contribution < 1.29 is 23.5 Å². The molecule has 1 aromatic rings. The summed E-state index contributed by atoms with van der Waals surface area (Å²) in [4.78, 5) is 38.3. The second-order valence-corrected chi connectivity index (χ2v) is 7.89. The van der Waals surface area contributed by atoms with Gasteiger partial charge in [-0.2, -0.15) is 0 Å². The van der Waals surface area contributed by atoms with Gasteiger partial charge in [-0.25, -0.2) is 4.39 Å². The summed E-state index contributed by atoms with van der Waals surface area (Å²) in [5.41, 5.74) is 1.82. The third kappa shape index (κ3) is 6.40. The summed E-state index contributed by atoms with van der Waals surface area (Å²) in [6.07, 6.45) is 8.76. The highest BCUT2D eigenvalue weighted by molar-refractivity contribution is 5.94. The maximum Gasteiger partial charge on any atom is 0.309 e. The van der Waals surface area contributed by atoms with Gasteiger partial charge in [0.15, 0.2) is 6.61 Å². The summed E-state index contributed by atoms with van der Waals surface area (Å²) in [5.74, 6) is -1.56. The Morgan fingerprint density at radius 1 is 1.10 bits per heavy atom. The Morgan fingerprint density at radius 2 is 1.83 bits per heavy atom. The zero-order valence-corrected chi connectivity index (χ0v) is 17.2. The van der Waals surface area contributed by atoms with Crippen molar-refractivity contribution in [1.29, 1.82) is 0 Å². The molecule has 2 aliphatic rings. The Kier molecular flexibility index (Phi) is 7.99. The Hall–Kier alpha value is -2.70. The van der Waals surface area contributed by atoms with Gasteiger partial charge in [-0.05, 0) is 69.2 Å². The first-order valence-corrected chi connectivity index (χ1v) is 10.7. The largest absolute Gasteiger partial charge is 0.455 e. The number of hydrogen-bond donors (Lipinski definition) is 1. The maximum atomic E-state index is 13.0. The fraction of sp³-hybridized carbons (Fsp3) is 0.522. The van der Waals surface area contributed by atoms with E-state index in [4.69, 9.17) is 4.74 Å². The Balaban J connectivity index is 1.33. The number of nitrogens with one attached hydrogen (secondary N) is 1. The molecule has 1 fully saturated rings. The summed E-state index contributed by atoms with van der Waals surface area (Å²) in [6, 6.07) is 5.44. The summed E-state index contributed by atoms with van der Waals surface area (Å²) in [6.45, 7) is 1.15. The zero-order chi connectivity index (χ0) is 21.3. The van der Waals surface area contributed by atoms with Crippen LogP contribution in [0.25, 0.3) is 0 Å². The van der Waals surface area contributed by atoms with E-state index in [-0.39, 0.29) is 30.2 Å². The number of ether oxygens (including phenoxy) is 1. The molecule has 162 valence electrons. The van der Waals surface area contributed by atoms with Crippen molar-refractivity contribution >= 4 is 17.8 Å². The number of likely N-dealkylation sites (tertiary alicyclic amines) is 1. The van der Waals surface area contributed by atoms with Crippen LogP contribution in [0.5, 0.6) is 0 Å². The van der Waals surface area contributed by atoms with Crippen LogP contribution in [0.4, 0.5) is 4.39 Å². The quantitative estimate of drug-likeness (QED) is 0.547. The number of rotatable bonds is 7. The fourth-order valence-electron chi connectivity index (χ4n) is 3.89. The number of amides is 2. The molecular weight excluding hydrogens is 387 g/mol. The highest BCUT2D eigenvalue weighted by atomic mass is 19.1. The van der Waals surface area contributed by atoms with Crippen LogP contribution in [-0.2, 0) is 14.3 Å². The van der Waals surface area contributed by atoms with Crippen LogP contribution in [0, 0.1) is 11.7 Å². The molecule has 0 bridgehead atoms. The van der Waals surface area contributed by atoms with E-state index in [1.54, 1.807) is 4.90 Å². The van der Waals surface area contributed by atoms with E-state index < -0.39 is 5.97 Å². The maximum absolute atomic E-state index is 13.0. The summed E-state index contributed by atoms with van der Waals surface area (Å²) >= 11 is 0. The number of esters is 1. The van der Waals surface area contributed by atoms with Crippen LogP contribution in [-0.4, -0.2) is 48.9 Å². The van der Waals surface area contributed by atoms with Crippen LogP contribution < -0.4 is 5.32 Å². The van der Waals surface area contributed by atoms with E-state index in [0.29, 0.717) is 38.0 Å². The van der Waals surface area contributed by atoms with Gasteiger partial charge < -0.3 is 15.0 Å². The molecule has 30 heavy (non-hydrogen) atoms. The molecule has 1 heterocycles. The fourth-order valence-corrected chi connectivity index (χ4v) is 3.89. The topological polar surface area (TPSA) is 75.7 Å². The van der Waals surface area contributed by atoms with E-state index in [9.17, 15) is 18.8 Å². The lowest BCUT2D eigenvalue weighted by Gasteiger charge is -2.31. The van der Waals surface area contributed by atoms with Crippen molar-refractivity contribution in [2.45, 2.75) is 44.9 Å². The minimum absolute atomic E-state index is 0.172. The summed E-state index contributed by atoms with van der Waals surface area (Å²) in [5, 5.41) is 2.80. The van der Waals surface area contributed by atoms with Gasteiger partial charge in [0.25, 0.3) is 11.8 Å². The molecule has 1 aliphatic carbocycles. The SMILES string of the molecule is O=C(COC(=O)C1CCN(C(=O)c2ccc(F)cc2)CC1)NCCC1=CCCCC1. The summed E-state index contributed by atoms with van der Waals surface area (Å²) < 4.78 is 18.2. The number of piperidine rings is 1. The second-order valence-electron chi connectivity index (χ2n) is 7.89. The molecule has 0 unspecified atom stereocenters. The number of carbonyl (C=O) groups excluding carboxylic acids is 3. The van der Waals surface area contributed by atoms with Gasteiger partial charge in [0.1, 0.15) is 5.82 Å². The van der Waals surface area contributed by atoms with Crippen LogP contribution in [0.3, 0.4) is 0 Å². The highest BCUT2D eigenvalue weighted by Gasteiger charge is 2.29. The van der Waals surface area contributed by atoms with E-state index in [1.807, 2.05) is 0 Å². The molecular formula is C23H29FN2O4. The van der Waals surface area contributed by atoms with Crippen molar-refractivity contribution in [2.24, 2.45) is 5.92 Å². The van der Waals surface area contributed by atoms with E-state index in [0.717, 1.165) is 19.3 Å². The molecule has 0 aromatic heterocycles. The first-order valence-electron chi connectivity index (χ1n) is 10.7. The monoisotopic (exact) mass is 416 g/mol. The van der Waals surface area contributed by atoms with Gasteiger partial charge in [0.2, 0.25) is 0 Å². The normalized spacial score (nSPS) is 17.2. The minimum Gasteiger partial charge on any atom is -0.455 e. The molecule has 0 saturated carbocycles. The molecule has 1 aromatic carbocycles. The number of hydrogen-bond acceptors (Lipinski definition) is 4. The number of carbonyl (C=O) groups is 3. The number of nitrogens with zero attached hydrogens (tertiary/aromatic N) is 1. The van der Waals surface area contributed by atoms with Crippen LogP contribution >= 0.6 is 0 Å². The van der Waals surface area contributed by atoms with Crippen LogP contribution in [0.15, 0.2) is 35.9 Å². The molecule has 1 N–H and O–H groups in total. The van der Waals surface area contributed by atoms with Gasteiger partial charge in [-0.15, -0.1) is 0 Å². The molecule has 0 spiro atoms. The average Bonchev–Trinajstić information content (AvgIpc) is 2.78. The zero-order valence-electron chi connectivity index (χ0n) is 17.2. The third-order valence-electron chi connectivity index (χ3n) is 5.71. The minimum atomic E-state index is -0.394. The first-order chi connectivity index (χ1) is 14.5. The Labute approximate surface area is 176 Å². The average molecular weight is 416 g/mol. The molecule has 7 heteroatoms. The van der Waals surface area contributed by atoms with Crippen molar-refractivity contribution in [2.75, 3.05) is 26.2 Å². The number of allylic oxidation sites excluding steroid dienone is 1. The molecule has 2 amide bonds.